The van der Waals surface area contributed by atoms with Crippen LogP contribution in [0.4, 0.5) is 14.5 Å². The van der Waals surface area contributed by atoms with Crippen molar-refractivity contribution in [2.75, 3.05) is 12.4 Å². The van der Waals surface area contributed by atoms with E-state index in [1.807, 2.05) is 0 Å². The molecule has 0 spiro atoms. The van der Waals surface area contributed by atoms with Crippen molar-refractivity contribution in [2.45, 2.75) is 37.8 Å². The molecule has 2 atom stereocenters. The van der Waals surface area contributed by atoms with E-state index < -0.39 is 17.5 Å². The summed E-state index contributed by atoms with van der Waals surface area (Å²) < 4.78 is 32.6. The Bertz CT molecular complexity index is 508. The lowest BCUT2D eigenvalue weighted by Gasteiger charge is -2.32. The minimum absolute atomic E-state index is 0.0229. The average molecular weight is 284 g/mol. The molecule has 0 radical (unpaired) electrons. The second-order valence-corrected chi connectivity index (χ2v) is 4.99. The van der Waals surface area contributed by atoms with Crippen LogP contribution in [0.15, 0.2) is 12.1 Å². The number of amides is 1. The molecule has 2 unspecified atom stereocenters. The van der Waals surface area contributed by atoms with Gasteiger partial charge in [-0.2, -0.15) is 0 Å². The number of anilines is 1. The molecular formula is C14H18F2N2O2. The van der Waals surface area contributed by atoms with Gasteiger partial charge in [0.25, 0.3) is 5.91 Å². The number of carbonyl (C=O) groups is 1. The summed E-state index contributed by atoms with van der Waals surface area (Å²) in [4.78, 5) is 11.1. The molecule has 0 bridgehead atoms. The van der Waals surface area contributed by atoms with E-state index in [4.69, 9.17) is 10.5 Å². The number of hydrogen-bond donors (Lipinski definition) is 2. The maximum atomic E-state index is 13.8. The first kappa shape index (κ1) is 14.7. The minimum atomic E-state index is -0.951. The number of carbonyl (C=O) groups excluding carboxylic acids is 1. The van der Waals surface area contributed by atoms with Gasteiger partial charge in [-0.15, -0.1) is 0 Å². The second kappa shape index (κ2) is 6.17. The van der Waals surface area contributed by atoms with E-state index in [0.717, 1.165) is 31.7 Å². The zero-order chi connectivity index (χ0) is 14.7. The third-order valence-electron chi connectivity index (χ3n) is 3.67. The van der Waals surface area contributed by atoms with Crippen LogP contribution >= 0.6 is 0 Å². The zero-order valence-corrected chi connectivity index (χ0v) is 11.3. The molecule has 1 aromatic rings. The molecule has 0 aliphatic heterocycles. The molecule has 1 fully saturated rings. The smallest absolute Gasteiger partial charge is 0.251 e. The number of ether oxygens (including phenoxy) is 1. The molecule has 1 aliphatic carbocycles. The van der Waals surface area contributed by atoms with E-state index in [2.05, 4.69) is 5.32 Å². The Morgan fingerprint density at radius 3 is 2.65 bits per heavy atom. The Hall–Kier alpha value is -1.69. The molecule has 0 heterocycles. The van der Waals surface area contributed by atoms with Gasteiger partial charge in [-0.25, -0.2) is 8.78 Å². The molecule has 110 valence electrons. The summed E-state index contributed by atoms with van der Waals surface area (Å²) in [6.45, 7) is 0. The van der Waals surface area contributed by atoms with Crippen LogP contribution in [0.5, 0.6) is 0 Å². The molecule has 0 saturated heterocycles. The van der Waals surface area contributed by atoms with Gasteiger partial charge in [0, 0.05) is 13.2 Å². The number of nitrogens with one attached hydrogen (secondary N) is 1. The maximum Gasteiger partial charge on any atom is 0.251 e. The molecule has 6 heteroatoms. The van der Waals surface area contributed by atoms with Crippen LogP contribution in [0.25, 0.3) is 0 Å². The largest absolute Gasteiger partial charge is 0.379 e. The summed E-state index contributed by atoms with van der Waals surface area (Å²) in [5.74, 6) is -2.61. The molecule has 1 saturated carbocycles. The van der Waals surface area contributed by atoms with Crippen molar-refractivity contribution in [1.82, 2.24) is 0 Å². The number of hydrogen-bond acceptors (Lipinski definition) is 3. The van der Waals surface area contributed by atoms with Crippen molar-refractivity contribution in [3.8, 4) is 0 Å². The number of halogens is 2. The lowest BCUT2D eigenvalue weighted by molar-refractivity contribution is 0.0605. The van der Waals surface area contributed by atoms with E-state index in [1.165, 1.54) is 0 Å². The first-order chi connectivity index (χ1) is 9.52. The van der Waals surface area contributed by atoms with Crippen molar-refractivity contribution >= 4 is 11.6 Å². The van der Waals surface area contributed by atoms with Crippen LogP contribution in [0.2, 0.25) is 0 Å². The lowest BCUT2D eigenvalue weighted by Crippen LogP contribution is -2.38. The normalized spacial score (nSPS) is 22.6. The lowest BCUT2D eigenvalue weighted by atomic mass is 9.92. The first-order valence-corrected chi connectivity index (χ1v) is 6.61. The molecule has 2 rings (SSSR count). The Balaban J connectivity index is 2.23. The molecule has 1 aliphatic rings. The number of rotatable bonds is 4. The highest BCUT2D eigenvalue weighted by atomic mass is 19.1. The van der Waals surface area contributed by atoms with Crippen molar-refractivity contribution in [1.29, 1.82) is 0 Å². The standard InChI is InChI=1S/C14H18F2N2O2/c1-20-13-5-3-2-4-11(13)18-12-6-8(14(17)19)9(15)7-10(12)16/h6-7,11,13,18H,2-5H2,1H3,(H2,17,19). The summed E-state index contributed by atoms with van der Waals surface area (Å²) in [6, 6.07) is 1.73. The van der Waals surface area contributed by atoms with E-state index in [0.29, 0.717) is 6.07 Å². The molecule has 1 aromatic carbocycles. The van der Waals surface area contributed by atoms with Gasteiger partial charge in [-0.1, -0.05) is 12.8 Å². The predicted octanol–water partition coefficient (Wildman–Crippen LogP) is 2.43. The first-order valence-electron chi connectivity index (χ1n) is 6.61. The predicted molar refractivity (Wildman–Crippen MR) is 71.6 cm³/mol. The van der Waals surface area contributed by atoms with Gasteiger partial charge >= 0.3 is 0 Å². The third kappa shape index (κ3) is 3.07. The van der Waals surface area contributed by atoms with Crippen molar-refractivity contribution in [3.63, 3.8) is 0 Å². The fraction of sp³-hybridized carbons (Fsp3) is 0.500. The SMILES string of the molecule is COC1CCCCC1Nc1cc(C(N)=O)c(F)cc1F. The van der Waals surface area contributed by atoms with Gasteiger partial charge in [0.05, 0.1) is 23.4 Å². The van der Waals surface area contributed by atoms with Gasteiger partial charge in [-0.3, -0.25) is 4.79 Å². The number of benzene rings is 1. The molecule has 20 heavy (non-hydrogen) atoms. The highest BCUT2D eigenvalue weighted by molar-refractivity contribution is 5.94. The Morgan fingerprint density at radius 1 is 1.30 bits per heavy atom. The van der Waals surface area contributed by atoms with Gasteiger partial charge in [0.2, 0.25) is 0 Å². The maximum absolute atomic E-state index is 13.8. The van der Waals surface area contributed by atoms with Crippen molar-refractivity contribution in [2.24, 2.45) is 5.73 Å². The van der Waals surface area contributed by atoms with Crippen LogP contribution in [0.3, 0.4) is 0 Å². The molecular weight excluding hydrogens is 266 g/mol. The van der Waals surface area contributed by atoms with Crippen molar-refractivity contribution in [3.05, 3.63) is 29.3 Å². The summed E-state index contributed by atoms with van der Waals surface area (Å²) in [7, 11) is 1.61. The van der Waals surface area contributed by atoms with Crippen molar-refractivity contribution < 1.29 is 18.3 Å². The van der Waals surface area contributed by atoms with Crippen LogP contribution in [0, 0.1) is 11.6 Å². The van der Waals surface area contributed by atoms with Gasteiger partial charge < -0.3 is 15.8 Å². The molecule has 3 N–H and O–H groups in total. The highest BCUT2D eigenvalue weighted by Crippen LogP contribution is 2.26. The topological polar surface area (TPSA) is 64.3 Å². The number of methoxy groups -OCH3 is 1. The Kier molecular flexibility index (Phi) is 4.54. The monoisotopic (exact) mass is 284 g/mol. The Morgan fingerprint density at radius 2 is 2.00 bits per heavy atom. The number of primary amides is 1. The third-order valence-corrected chi connectivity index (χ3v) is 3.67. The van der Waals surface area contributed by atoms with Gasteiger partial charge in [0.1, 0.15) is 11.6 Å². The highest BCUT2D eigenvalue weighted by Gasteiger charge is 2.26. The molecule has 1 amide bonds. The van der Waals surface area contributed by atoms with Crippen LogP contribution in [-0.2, 0) is 4.74 Å². The summed E-state index contributed by atoms with van der Waals surface area (Å²) in [6.07, 6.45) is 3.78. The zero-order valence-electron chi connectivity index (χ0n) is 11.3. The average Bonchev–Trinajstić information content (AvgIpc) is 2.42. The van der Waals surface area contributed by atoms with Gasteiger partial charge in [-0.05, 0) is 18.9 Å². The minimum Gasteiger partial charge on any atom is -0.379 e. The number of nitrogens with two attached hydrogens (primary N) is 1. The summed E-state index contributed by atoms with van der Waals surface area (Å²) in [5, 5.41) is 3.00. The van der Waals surface area contributed by atoms with Crippen LogP contribution < -0.4 is 11.1 Å². The van der Waals surface area contributed by atoms with Crippen LogP contribution in [0.1, 0.15) is 36.0 Å². The van der Waals surface area contributed by atoms with Crippen LogP contribution in [-0.4, -0.2) is 25.2 Å². The fourth-order valence-corrected chi connectivity index (χ4v) is 2.59. The van der Waals surface area contributed by atoms with E-state index in [9.17, 15) is 13.6 Å². The molecule has 4 nitrogen and oxygen atoms in total. The quantitative estimate of drug-likeness (QED) is 0.892. The van der Waals surface area contributed by atoms with E-state index >= 15 is 0 Å². The Labute approximate surface area is 116 Å². The fourth-order valence-electron chi connectivity index (χ4n) is 2.59. The van der Waals surface area contributed by atoms with Gasteiger partial charge in [0.15, 0.2) is 0 Å². The summed E-state index contributed by atoms with van der Waals surface area (Å²) in [5.41, 5.74) is 4.82. The van der Waals surface area contributed by atoms with E-state index in [-0.39, 0.29) is 23.4 Å². The summed E-state index contributed by atoms with van der Waals surface area (Å²) >= 11 is 0. The van der Waals surface area contributed by atoms with E-state index in [1.54, 1.807) is 7.11 Å². The molecule has 0 aromatic heterocycles. The second-order valence-electron chi connectivity index (χ2n) is 4.99.